The van der Waals surface area contributed by atoms with Gasteiger partial charge in [-0.25, -0.2) is 12.7 Å². The first-order chi connectivity index (χ1) is 12.3. The Bertz CT molecular complexity index is 910. The van der Waals surface area contributed by atoms with Crippen LogP contribution < -0.4 is 10.9 Å². The van der Waals surface area contributed by atoms with E-state index in [2.05, 4.69) is 10.9 Å². The summed E-state index contributed by atoms with van der Waals surface area (Å²) < 4.78 is 25.3. The standard InChI is InChI=1S/C17H19N3O4S2/c1-20(2)26(23,24)15-6-4-5-13(11-15)17(22)19-18-16(21)12-7-9-14(25-3)10-8-12/h4-11H,1-3H3,(H,18,21)(H,19,22). The minimum absolute atomic E-state index is 0.00543. The molecule has 0 heterocycles. The van der Waals surface area contributed by atoms with E-state index >= 15 is 0 Å². The highest BCUT2D eigenvalue weighted by Gasteiger charge is 2.19. The van der Waals surface area contributed by atoms with Crippen molar-refractivity contribution in [1.82, 2.24) is 15.2 Å². The summed E-state index contributed by atoms with van der Waals surface area (Å²) in [6.07, 6.45) is 1.93. The first-order valence-corrected chi connectivity index (χ1v) is 10.2. The molecule has 9 heteroatoms. The van der Waals surface area contributed by atoms with Crippen LogP contribution in [-0.2, 0) is 10.0 Å². The summed E-state index contributed by atoms with van der Waals surface area (Å²) in [5, 5.41) is 0. The molecule has 2 rings (SSSR count). The Morgan fingerprint density at radius 1 is 0.923 bits per heavy atom. The van der Waals surface area contributed by atoms with Gasteiger partial charge in [0, 0.05) is 30.1 Å². The van der Waals surface area contributed by atoms with Gasteiger partial charge in [0.15, 0.2) is 0 Å². The Hall–Kier alpha value is -2.36. The Kier molecular flexibility index (Phi) is 6.41. The molecule has 26 heavy (non-hydrogen) atoms. The molecule has 0 saturated carbocycles. The number of hydrogen-bond acceptors (Lipinski definition) is 5. The number of sulfonamides is 1. The summed E-state index contributed by atoms with van der Waals surface area (Å²) in [5.74, 6) is -1.09. The number of nitrogens with one attached hydrogen (secondary N) is 2. The molecule has 7 nitrogen and oxygen atoms in total. The fraction of sp³-hybridized carbons (Fsp3) is 0.176. The van der Waals surface area contributed by atoms with Gasteiger partial charge in [-0.1, -0.05) is 6.07 Å². The van der Waals surface area contributed by atoms with Crippen molar-refractivity contribution < 1.29 is 18.0 Å². The molecule has 0 spiro atoms. The predicted octanol–water partition coefficient (Wildman–Crippen LogP) is 1.73. The van der Waals surface area contributed by atoms with Gasteiger partial charge in [0.1, 0.15) is 0 Å². The van der Waals surface area contributed by atoms with Crippen molar-refractivity contribution in [2.45, 2.75) is 9.79 Å². The molecule has 2 aromatic carbocycles. The van der Waals surface area contributed by atoms with Crippen LogP contribution in [0, 0.1) is 0 Å². The summed E-state index contributed by atoms with van der Waals surface area (Å²) in [4.78, 5) is 25.3. The Morgan fingerprint density at radius 3 is 2.04 bits per heavy atom. The van der Waals surface area contributed by atoms with Gasteiger partial charge < -0.3 is 0 Å². The molecule has 2 aromatic rings. The SMILES string of the molecule is CSc1ccc(C(=O)NNC(=O)c2cccc(S(=O)(=O)N(C)C)c2)cc1. The molecule has 0 atom stereocenters. The Balaban J connectivity index is 2.07. The molecule has 0 saturated heterocycles. The first-order valence-electron chi connectivity index (χ1n) is 7.53. The smallest absolute Gasteiger partial charge is 0.267 e. The maximum atomic E-state index is 12.2. The van der Waals surface area contributed by atoms with Gasteiger partial charge in [-0.3, -0.25) is 20.4 Å². The number of thioether (sulfide) groups is 1. The monoisotopic (exact) mass is 393 g/mol. The quantitative estimate of drug-likeness (QED) is 0.596. The lowest BCUT2D eigenvalue weighted by atomic mass is 10.2. The number of amides is 2. The van der Waals surface area contributed by atoms with Crippen LogP contribution in [0.4, 0.5) is 0 Å². The molecule has 0 aliphatic heterocycles. The minimum Gasteiger partial charge on any atom is -0.267 e. The number of hydrogen-bond donors (Lipinski definition) is 2. The van der Waals surface area contributed by atoms with Crippen molar-refractivity contribution in [1.29, 1.82) is 0 Å². The maximum absolute atomic E-state index is 12.2. The van der Waals surface area contributed by atoms with E-state index in [1.807, 2.05) is 6.26 Å². The lowest BCUT2D eigenvalue weighted by Crippen LogP contribution is -2.41. The number of benzene rings is 2. The molecule has 0 aliphatic rings. The highest BCUT2D eigenvalue weighted by molar-refractivity contribution is 7.98. The molecule has 0 radical (unpaired) electrons. The van der Waals surface area contributed by atoms with Crippen molar-refractivity contribution >= 4 is 33.6 Å². The van der Waals surface area contributed by atoms with E-state index in [1.54, 1.807) is 36.0 Å². The number of carbonyl (C=O) groups excluding carboxylic acids is 2. The molecule has 0 aromatic heterocycles. The molecule has 2 N–H and O–H groups in total. The molecule has 2 amide bonds. The van der Waals surface area contributed by atoms with E-state index in [1.165, 1.54) is 38.4 Å². The van der Waals surface area contributed by atoms with E-state index in [4.69, 9.17) is 0 Å². The van der Waals surface area contributed by atoms with E-state index in [0.29, 0.717) is 5.56 Å². The van der Waals surface area contributed by atoms with Crippen LogP contribution in [0.1, 0.15) is 20.7 Å². The van der Waals surface area contributed by atoms with Gasteiger partial charge in [0.05, 0.1) is 4.90 Å². The van der Waals surface area contributed by atoms with Gasteiger partial charge in [0.25, 0.3) is 11.8 Å². The van der Waals surface area contributed by atoms with Crippen LogP contribution in [0.25, 0.3) is 0 Å². The molecule has 0 fully saturated rings. The van der Waals surface area contributed by atoms with Crippen molar-refractivity contribution in [2.24, 2.45) is 0 Å². The first kappa shape index (κ1) is 20.0. The van der Waals surface area contributed by atoms with Crippen molar-refractivity contribution in [2.75, 3.05) is 20.4 Å². The van der Waals surface area contributed by atoms with Crippen LogP contribution in [0.3, 0.4) is 0 Å². The number of nitrogens with zero attached hydrogens (tertiary/aromatic N) is 1. The van der Waals surface area contributed by atoms with Crippen molar-refractivity contribution in [3.8, 4) is 0 Å². The average molecular weight is 393 g/mol. The molecule has 0 aliphatic carbocycles. The van der Waals surface area contributed by atoms with E-state index in [-0.39, 0.29) is 10.5 Å². The minimum atomic E-state index is -3.65. The average Bonchev–Trinajstić information content (AvgIpc) is 2.65. The third-order valence-corrected chi connectivity index (χ3v) is 6.07. The van der Waals surface area contributed by atoms with Crippen LogP contribution in [0.2, 0.25) is 0 Å². The molecule has 138 valence electrons. The van der Waals surface area contributed by atoms with E-state index < -0.39 is 21.8 Å². The van der Waals surface area contributed by atoms with Gasteiger partial charge >= 0.3 is 0 Å². The van der Waals surface area contributed by atoms with Gasteiger partial charge in [-0.2, -0.15) is 0 Å². The topological polar surface area (TPSA) is 95.6 Å². The normalized spacial score (nSPS) is 11.2. The summed E-state index contributed by atoms with van der Waals surface area (Å²) in [5.41, 5.74) is 5.10. The van der Waals surface area contributed by atoms with Crippen LogP contribution in [0.5, 0.6) is 0 Å². The molecular weight excluding hydrogens is 374 g/mol. The fourth-order valence-electron chi connectivity index (χ4n) is 2.01. The van der Waals surface area contributed by atoms with E-state index in [0.717, 1.165) is 9.20 Å². The number of rotatable bonds is 5. The summed E-state index contributed by atoms with van der Waals surface area (Å²) >= 11 is 1.56. The van der Waals surface area contributed by atoms with Crippen LogP contribution in [-0.4, -0.2) is 44.9 Å². The van der Waals surface area contributed by atoms with E-state index in [9.17, 15) is 18.0 Å². The number of hydrazine groups is 1. The second-order valence-electron chi connectivity index (χ2n) is 5.45. The van der Waals surface area contributed by atoms with Crippen LogP contribution in [0.15, 0.2) is 58.3 Å². The number of carbonyl (C=O) groups is 2. The molecular formula is C17H19N3O4S2. The van der Waals surface area contributed by atoms with Gasteiger partial charge in [-0.05, 0) is 48.7 Å². The summed E-state index contributed by atoms with van der Waals surface area (Å²) in [6, 6.07) is 12.5. The van der Waals surface area contributed by atoms with Crippen molar-refractivity contribution in [3.05, 3.63) is 59.7 Å². The fourth-order valence-corrected chi connectivity index (χ4v) is 3.37. The zero-order valence-electron chi connectivity index (χ0n) is 14.5. The zero-order chi connectivity index (χ0) is 19.3. The van der Waals surface area contributed by atoms with Crippen LogP contribution >= 0.6 is 11.8 Å². The highest BCUT2D eigenvalue weighted by atomic mass is 32.2. The third-order valence-electron chi connectivity index (χ3n) is 3.52. The van der Waals surface area contributed by atoms with Crippen molar-refractivity contribution in [3.63, 3.8) is 0 Å². The highest BCUT2D eigenvalue weighted by Crippen LogP contribution is 2.15. The Morgan fingerprint density at radius 2 is 1.50 bits per heavy atom. The maximum Gasteiger partial charge on any atom is 0.269 e. The largest absolute Gasteiger partial charge is 0.269 e. The van der Waals surface area contributed by atoms with Gasteiger partial charge in [-0.15, -0.1) is 11.8 Å². The summed E-state index contributed by atoms with van der Waals surface area (Å²) in [7, 11) is -0.835. The second kappa shape index (κ2) is 8.35. The second-order valence-corrected chi connectivity index (χ2v) is 8.48. The summed E-state index contributed by atoms with van der Waals surface area (Å²) in [6.45, 7) is 0. The molecule has 0 unspecified atom stereocenters. The third kappa shape index (κ3) is 4.63. The molecule has 0 bridgehead atoms. The lowest BCUT2D eigenvalue weighted by Gasteiger charge is -2.12. The predicted molar refractivity (Wildman–Crippen MR) is 100 cm³/mol. The Labute approximate surface area is 156 Å². The van der Waals surface area contributed by atoms with Gasteiger partial charge in [0.2, 0.25) is 10.0 Å². The zero-order valence-corrected chi connectivity index (χ0v) is 16.1. The lowest BCUT2D eigenvalue weighted by molar-refractivity contribution is 0.0846.